The van der Waals surface area contributed by atoms with E-state index in [4.69, 9.17) is 9.73 Å². The van der Waals surface area contributed by atoms with Gasteiger partial charge in [0.05, 0.1) is 0 Å². The minimum absolute atomic E-state index is 0.214. The van der Waals surface area contributed by atoms with Gasteiger partial charge in [-0.1, -0.05) is 32.5 Å². The Balaban J connectivity index is 2.51. The number of hydrogen-bond acceptors (Lipinski definition) is 3. The van der Waals surface area contributed by atoms with E-state index < -0.39 is 0 Å². The van der Waals surface area contributed by atoms with Crippen LogP contribution in [0.15, 0.2) is 4.99 Å². The fourth-order valence-corrected chi connectivity index (χ4v) is 3.04. The van der Waals surface area contributed by atoms with Crippen molar-refractivity contribution in [2.75, 3.05) is 26.0 Å². The zero-order valence-electron chi connectivity index (χ0n) is 12.5. The first-order chi connectivity index (χ1) is 8.41. The molecule has 3 nitrogen and oxygen atoms in total. The first-order valence-corrected chi connectivity index (χ1v) is 7.84. The summed E-state index contributed by atoms with van der Waals surface area (Å²) in [7, 11) is 1.76. The number of nitrogens with one attached hydrogen (secondary N) is 1. The minimum Gasteiger partial charge on any atom is -0.385 e. The number of nitrogens with zero attached hydrogens (tertiary/aromatic N) is 1. The molecule has 4 heteroatoms. The molecule has 0 saturated carbocycles. The molecular weight excluding hydrogens is 244 g/mol. The highest BCUT2D eigenvalue weighted by atomic mass is 32.2. The second kappa shape index (κ2) is 6.80. The van der Waals surface area contributed by atoms with E-state index in [2.05, 4.69) is 33.0 Å². The lowest BCUT2D eigenvalue weighted by Crippen LogP contribution is -2.48. The van der Waals surface area contributed by atoms with Crippen molar-refractivity contribution in [2.45, 2.75) is 52.5 Å². The molecule has 1 saturated heterocycles. The van der Waals surface area contributed by atoms with Crippen LogP contribution in [0.1, 0.15) is 47.0 Å². The first kappa shape index (κ1) is 15.8. The molecule has 0 bridgehead atoms. The van der Waals surface area contributed by atoms with Gasteiger partial charge in [-0.25, -0.2) is 0 Å². The molecule has 1 unspecified atom stereocenters. The minimum atomic E-state index is 0.214. The summed E-state index contributed by atoms with van der Waals surface area (Å²) in [5.74, 6) is 1.18. The number of hydrogen-bond donors (Lipinski definition) is 1. The summed E-state index contributed by atoms with van der Waals surface area (Å²) in [5, 5.41) is 4.71. The molecule has 0 aromatic carbocycles. The van der Waals surface area contributed by atoms with Crippen LogP contribution < -0.4 is 5.32 Å². The largest absolute Gasteiger partial charge is 0.385 e. The molecule has 0 radical (unpaired) electrons. The van der Waals surface area contributed by atoms with Crippen LogP contribution in [0.4, 0.5) is 0 Å². The first-order valence-electron chi connectivity index (χ1n) is 6.85. The van der Waals surface area contributed by atoms with Gasteiger partial charge in [0.25, 0.3) is 0 Å². The van der Waals surface area contributed by atoms with Crippen LogP contribution in [0.3, 0.4) is 0 Å². The van der Waals surface area contributed by atoms with Gasteiger partial charge in [0.1, 0.15) is 0 Å². The highest BCUT2D eigenvalue weighted by Gasteiger charge is 2.28. The van der Waals surface area contributed by atoms with E-state index in [1.165, 1.54) is 12.2 Å². The van der Waals surface area contributed by atoms with Crippen LogP contribution in [0.5, 0.6) is 0 Å². The Morgan fingerprint density at radius 1 is 1.50 bits per heavy atom. The molecule has 1 aliphatic rings. The van der Waals surface area contributed by atoms with Crippen LogP contribution in [-0.4, -0.2) is 36.7 Å². The van der Waals surface area contributed by atoms with Crippen LogP contribution in [0.2, 0.25) is 0 Å². The second-order valence-electron chi connectivity index (χ2n) is 6.17. The van der Waals surface area contributed by atoms with Gasteiger partial charge >= 0.3 is 0 Å². The maximum atomic E-state index is 5.15. The summed E-state index contributed by atoms with van der Waals surface area (Å²) < 4.78 is 5.15. The van der Waals surface area contributed by atoms with Gasteiger partial charge in [-0.15, -0.1) is 0 Å². The van der Waals surface area contributed by atoms with Crippen LogP contribution >= 0.6 is 11.8 Å². The van der Waals surface area contributed by atoms with Crippen LogP contribution in [0, 0.1) is 5.41 Å². The molecule has 1 rings (SSSR count). The van der Waals surface area contributed by atoms with Crippen molar-refractivity contribution >= 4 is 16.9 Å². The Labute approximate surface area is 116 Å². The Hall–Kier alpha value is -0.220. The number of amidine groups is 1. The Morgan fingerprint density at radius 2 is 2.22 bits per heavy atom. The Morgan fingerprint density at radius 3 is 2.83 bits per heavy atom. The molecule has 1 atom stereocenters. The third-order valence-corrected chi connectivity index (χ3v) is 4.63. The molecule has 0 aliphatic carbocycles. The summed E-state index contributed by atoms with van der Waals surface area (Å²) in [6.07, 6.45) is 3.43. The lowest BCUT2D eigenvalue weighted by molar-refractivity contribution is 0.155. The molecule has 1 aliphatic heterocycles. The molecule has 0 amide bonds. The standard InChI is InChI=1S/C14H28N2OS/c1-6-14(4)8-10-18-12(16-14)15-11-13(2,3)7-9-17-5/h6-11H2,1-5H3,(H,15,16). The smallest absolute Gasteiger partial charge is 0.156 e. The van der Waals surface area contributed by atoms with Gasteiger partial charge in [-0.3, -0.25) is 4.99 Å². The fraction of sp³-hybridized carbons (Fsp3) is 0.929. The number of rotatable bonds is 6. The molecular formula is C14H28N2OS. The van der Waals surface area contributed by atoms with Gasteiger partial charge in [0, 0.05) is 31.6 Å². The average Bonchev–Trinajstić information content (AvgIpc) is 2.34. The SMILES string of the molecule is CCC1(C)CCSC(=NCC(C)(C)CCOC)N1. The summed E-state index contributed by atoms with van der Waals surface area (Å²) in [4.78, 5) is 4.76. The van der Waals surface area contributed by atoms with Gasteiger partial charge in [0.2, 0.25) is 0 Å². The summed E-state index contributed by atoms with van der Waals surface area (Å²) in [6, 6.07) is 0. The third-order valence-electron chi connectivity index (χ3n) is 3.72. The third kappa shape index (κ3) is 5.19. The lowest BCUT2D eigenvalue weighted by Gasteiger charge is -2.35. The Kier molecular flexibility index (Phi) is 5.99. The molecule has 1 fully saturated rings. The lowest BCUT2D eigenvalue weighted by atomic mass is 9.90. The predicted molar refractivity (Wildman–Crippen MR) is 81.5 cm³/mol. The number of ether oxygens (including phenoxy) is 1. The highest BCUT2D eigenvalue weighted by molar-refractivity contribution is 8.13. The number of aliphatic imine (C=N–C) groups is 1. The van der Waals surface area contributed by atoms with Crippen molar-refractivity contribution in [1.82, 2.24) is 5.32 Å². The van der Waals surface area contributed by atoms with E-state index in [0.29, 0.717) is 0 Å². The predicted octanol–water partition coefficient (Wildman–Crippen LogP) is 3.30. The molecule has 106 valence electrons. The highest BCUT2D eigenvalue weighted by Crippen LogP contribution is 2.26. The van der Waals surface area contributed by atoms with Crippen molar-refractivity contribution in [3.8, 4) is 0 Å². The zero-order chi connectivity index (χ0) is 13.6. The van der Waals surface area contributed by atoms with Gasteiger partial charge in [0.15, 0.2) is 5.17 Å². The molecule has 0 aromatic rings. The van der Waals surface area contributed by atoms with E-state index in [1.54, 1.807) is 7.11 Å². The summed E-state index contributed by atoms with van der Waals surface area (Å²) in [6.45, 7) is 10.7. The van der Waals surface area contributed by atoms with Gasteiger partial charge in [-0.2, -0.15) is 0 Å². The molecule has 1 N–H and O–H groups in total. The monoisotopic (exact) mass is 272 g/mol. The molecule has 0 aromatic heterocycles. The van der Waals surface area contributed by atoms with E-state index in [-0.39, 0.29) is 11.0 Å². The maximum Gasteiger partial charge on any atom is 0.156 e. The van der Waals surface area contributed by atoms with E-state index in [1.807, 2.05) is 11.8 Å². The quantitative estimate of drug-likeness (QED) is 0.805. The fourth-order valence-electron chi connectivity index (χ4n) is 1.82. The number of thioether (sulfide) groups is 1. The zero-order valence-corrected chi connectivity index (χ0v) is 13.3. The molecule has 18 heavy (non-hydrogen) atoms. The Bertz CT molecular complexity index is 292. The van der Waals surface area contributed by atoms with E-state index >= 15 is 0 Å². The van der Waals surface area contributed by atoms with Crippen molar-refractivity contribution in [3.05, 3.63) is 0 Å². The summed E-state index contributed by atoms with van der Waals surface area (Å²) >= 11 is 1.85. The van der Waals surface area contributed by atoms with Gasteiger partial charge in [-0.05, 0) is 31.6 Å². The van der Waals surface area contributed by atoms with Crippen molar-refractivity contribution in [1.29, 1.82) is 0 Å². The van der Waals surface area contributed by atoms with Crippen LogP contribution in [-0.2, 0) is 4.74 Å². The average molecular weight is 272 g/mol. The van der Waals surface area contributed by atoms with Crippen molar-refractivity contribution in [3.63, 3.8) is 0 Å². The maximum absolute atomic E-state index is 5.15. The molecule has 1 heterocycles. The second-order valence-corrected chi connectivity index (χ2v) is 7.25. The van der Waals surface area contributed by atoms with E-state index in [0.717, 1.165) is 31.2 Å². The normalized spacial score (nSPS) is 27.3. The van der Waals surface area contributed by atoms with Crippen LogP contribution in [0.25, 0.3) is 0 Å². The summed E-state index contributed by atoms with van der Waals surface area (Å²) in [5.41, 5.74) is 0.450. The topological polar surface area (TPSA) is 33.6 Å². The van der Waals surface area contributed by atoms with Crippen molar-refractivity contribution in [2.24, 2.45) is 10.4 Å². The van der Waals surface area contributed by atoms with E-state index in [9.17, 15) is 0 Å². The number of methoxy groups -OCH3 is 1. The molecule has 0 spiro atoms. The van der Waals surface area contributed by atoms with Gasteiger partial charge < -0.3 is 10.1 Å². The van der Waals surface area contributed by atoms with Crippen molar-refractivity contribution < 1.29 is 4.74 Å².